The number of benzene rings is 3. The molecule has 0 N–H and O–H groups in total. The molecule has 0 spiro atoms. The van der Waals surface area contributed by atoms with Crippen LogP contribution >= 0.6 is 0 Å². The molecule has 3 aromatic rings. The predicted molar refractivity (Wildman–Crippen MR) is 118 cm³/mol. The van der Waals surface area contributed by atoms with E-state index in [1.54, 1.807) is 0 Å². The summed E-state index contributed by atoms with van der Waals surface area (Å²) in [6.45, 7) is 15.6. The summed E-state index contributed by atoms with van der Waals surface area (Å²) < 4.78 is 11.4. The van der Waals surface area contributed by atoms with Gasteiger partial charge in [0.1, 0.15) is 11.5 Å². The Morgan fingerprint density at radius 3 is 2.14 bits per heavy atom. The normalized spacial score (nSPS) is 11.6. The fourth-order valence-corrected chi connectivity index (χ4v) is 3.51. The lowest BCUT2D eigenvalue weighted by molar-refractivity contribution is 0.120. The zero-order valence-corrected chi connectivity index (χ0v) is 17.5. The van der Waals surface area contributed by atoms with Crippen molar-refractivity contribution in [2.45, 2.75) is 40.0 Å². The second kappa shape index (κ2) is 9.30. The van der Waals surface area contributed by atoms with Gasteiger partial charge in [0.25, 0.3) is 0 Å². The molecule has 0 aliphatic rings. The summed E-state index contributed by atoms with van der Waals surface area (Å²) >= 11 is 0. The first-order chi connectivity index (χ1) is 14.0. The van der Waals surface area contributed by atoms with Crippen LogP contribution in [0.15, 0.2) is 60.7 Å². The van der Waals surface area contributed by atoms with E-state index in [1.807, 2.05) is 38.1 Å². The van der Waals surface area contributed by atoms with E-state index in [0.29, 0.717) is 11.6 Å². The molecular weight excluding hydrogens is 358 g/mol. The molecule has 0 bridgehead atoms. The second-order valence-corrected chi connectivity index (χ2v) is 7.59. The molecule has 0 saturated carbocycles. The third-order valence-corrected chi connectivity index (χ3v) is 5.10. The van der Waals surface area contributed by atoms with Gasteiger partial charge in [0.15, 0.2) is 5.69 Å². The smallest absolute Gasteiger partial charge is 0.230 e. The van der Waals surface area contributed by atoms with Crippen LogP contribution < -0.4 is 9.47 Å². The topological polar surface area (TPSA) is 22.8 Å². The number of ether oxygens (including phenoxy) is 2. The predicted octanol–water partition coefficient (Wildman–Crippen LogP) is 6.92. The molecule has 3 nitrogen and oxygen atoms in total. The van der Waals surface area contributed by atoms with Gasteiger partial charge in [0.2, 0.25) is 6.79 Å². The highest BCUT2D eigenvalue weighted by atomic mass is 16.7. The average Bonchev–Trinajstić information content (AvgIpc) is 2.69. The number of rotatable bonds is 7. The SMILES string of the molecule is [C-]#[N+]c1c(C)cc(OCOc2ccc(CC(C)c3cccc(C)c3)cc2)cc1C. The molecule has 0 radical (unpaired) electrons. The fourth-order valence-electron chi connectivity index (χ4n) is 3.51. The first-order valence-electron chi connectivity index (χ1n) is 9.86. The van der Waals surface area contributed by atoms with E-state index >= 15 is 0 Å². The van der Waals surface area contributed by atoms with Crippen molar-refractivity contribution in [2.75, 3.05) is 6.79 Å². The van der Waals surface area contributed by atoms with E-state index in [4.69, 9.17) is 16.0 Å². The van der Waals surface area contributed by atoms with Gasteiger partial charge in [0.05, 0.1) is 6.57 Å². The fraction of sp³-hybridized carbons (Fsp3) is 0.269. The minimum absolute atomic E-state index is 0.134. The monoisotopic (exact) mass is 385 g/mol. The van der Waals surface area contributed by atoms with Gasteiger partial charge in [-0.1, -0.05) is 48.9 Å². The zero-order valence-electron chi connectivity index (χ0n) is 17.5. The number of aryl methyl sites for hydroxylation is 3. The van der Waals surface area contributed by atoms with Crippen molar-refractivity contribution in [3.05, 3.63) is 99.9 Å². The molecular formula is C26H27NO2. The highest BCUT2D eigenvalue weighted by Crippen LogP contribution is 2.29. The van der Waals surface area contributed by atoms with Crippen LogP contribution in [0.25, 0.3) is 4.85 Å². The number of hydrogen-bond acceptors (Lipinski definition) is 2. The zero-order chi connectivity index (χ0) is 20.8. The van der Waals surface area contributed by atoms with Crippen LogP contribution in [0, 0.1) is 27.3 Å². The van der Waals surface area contributed by atoms with E-state index in [0.717, 1.165) is 29.0 Å². The maximum absolute atomic E-state index is 7.22. The van der Waals surface area contributed by atoms with Crippen molar-refractivity contribution >= 4 is 5.69 Å². The summed E-state index contributed by atoms with van der Waals surface area (Å²) in [5.41, 5.74) is 6.48. The summed E-state index contributed by atoms with van der Waals surface area (Å²) in [6.07, 6.45) is 0.992. The maximum Gasteiger partial charge on any atom is 0.230 e. The second-order valence-electron chi connectivity index (χ2n) is 7.59. The highest BCUT2D eigenvalue weighted by Gasteiger charge is 2.08. The van der Waals surface area contributed by atoms with Crippen LogP contribution in [0.2, 0.25) is 0 Å². The quantitative estimate of drug-likeness (QED) is 0.325. The molecule has 0 saturated heterocycles. The Balaban J connectivity index is 1.54. The lowest BCUT2D eigenvalue weighted by Crippen LogP contribution is -2.06. The van der Waals surface area contributed by atoms with Gasteiger partial charge in [-0.05, 0) is 79.6 Å². The van der Waals surface area contributed by atoms with Crippen LogP contribution in [0.4, 0.5) is 5.69 Å². The molecule has 29 heavy (non-hydrogen) atoms. The molecule has 0 aliphatic heterocycles. The third-order valence-electron chi connectivity index (χ3n) is 5.10. The van der Waals surface area contributed by atoms with Crippen molar-refractivity contribution in [1.82, 2.24) is 0 Å². The standard InChI is InChI=1S/C26H27NO2/c1-18-7-6-8-23(13-18)19(2)14-22-9-11-24(12-10-22)28-17-29-25-15-20(3)26(27-5)21(4)16-25/h6-13,15-16,19H,14,17H2,1-4H3. The largest absolute Gasteiger partial charge is 0.458 e. The number of nitrogens with zero attached hydrogens (tertiary/aromatic N) is 1. The van der Waals surface area contributed by atoms with Crippen molar-refractivity contribution in [3.63, 3.8) is 0 Å². The molecule has 0 fully saturated rings. The Kier molecular flexibility index (Phi) is 6.57. The van der Waals surface area contributed by atoms with Crippen LogP contribution in [0.5, 0.6) is 11.5 Å². The van der Waals surface area contributed by atoms with Gasteiger partial charge in [0, 0.05) is 0 Å². The summed E-state index contributed by atoms with van der Waals surface area (Å²) in [5.74, 6) is 1.97. The Hall–Kier alpha value is -3.25. The Morgan fingerprint density at radius 1 is 0.862 bits per heavy atom. The van der Waals surface area contributed by atoms with Crippen molar-refractivity contribution in [2.24, 2.45) is 0 Å². The first kappa shape index (κ1) is 20.5. The molecule has 3 heteroatoms. The molecule has 0 aromatic heterocycles. The molecule has 3 rings (SSSR count). The van der Waals surface area contributed by atoms with E-state index in [9.17, 15) is 0 Å². The van der Waals surface area contributed by atoms with E-state index in [2.05, 4.69) is 55.1 Å². The lowest BCUT2D eigenvalue weighted by atomic mass is 9.93. The van der Waals surface area contributed by atoms with Crippen LogP contribution in [-0.4, -0.2) is 6.79 Å². The summed E-state index contributed by atoms with van der Waals surface area (Å²) in [6, 6.07) is 20.6. The van der Waals surface area contributed by atoms with Crippen molar-refractivity contribution < 1.29 is 9.47 Å². The highest BCUT2D eigenvalue weighted by molar-refractivity contribution is 5.60. The van der Waals surface area contributed by atoms with Gasteiger partial charge in [-0.15, -0.1) is 0 Å². The molecule has 148 valence electrons. The molecule has 1 unspecified atom stereocenters. The van der Waals surface area contributed by atoms with Gasteiger partial charge < -0.3 is 9.47 Å². The molecule has 0 heterocycles. The van der Waals surface area contributed by atoms with E-state index in [1.165, 1.54) is 16.7 Å². The van der Waals surface area contributed by atoms with Gasteiger partial charge in [-0.2, -0.15) is 0 Å². The summed E-state index contributed by atoms with van der Waals surface area (Å²) in [5, 5.41) is 0. The van der Waals surface area contributed by atoms with Gasteiger partial charge in [-0.3, -0.25) is 0 Å². The van der Waals surface area contributed by atoms with Crippen molar-refractivity contribution in [1.29, 1.82) is 0 Å². The Labute approximate surface area is 173 Å². The van der Waals surface area contributed by atoms with E-state index in [-0.39, 0.29) is 6.79 Å². The van der Waals surface area contributed by atoms with E-state index < -0.39 is 0 Å². The lowest BCUT2D eigenvalue weighted by Gasteiger charge is -2.14. The molecule has 0 aliphatic carbocycles. The maximum atomic E-state index is 7.22. The van der Waals surface area contributed by atoms with Crippen molar-refractivity contribution in [3.8, 4) is 11.5 Å². The first-order valence-corrected chi connectivity index (χ1v) is 9.86. The van der Waals surface area contributed by atoms with Crippen LogP contribution in [-0.2, 0) is 6.42 Å². The Morgan fingerprint density at radius 2 is 1.52 bits per heavy atom. The minimum atomic E-state index is 0.134. The molecule has 0 amide bonds. The minimum Gasteiger partial charge on any atom is -0.458 e. The molecule has 1 atom stereocenters. The Bertz CT molecular complexity index is 993. The third kappa shape index (κ3) is 5.39. The van der Waals surface area contributed by atoms with Gasteiger partial charge >= 0.3 is 0 Å². The number of hydrogen-bond donors (Lipinski definition) is 0. The summed E-state index contributed by atoms with van der Waals surface area (Å²) in [7, 11) is 0. The van der Waals surface area contributed by atoms with Crippen LogP contribution in [0.1, 0.15) is 40.7 Å². The van der Waals surface area contributed by atoms with Gasteiger partial charge in [-0.25, -0.2) is 4.85 Å². The summed E-state index contributed by atoms with van der Waals surface area (Å²) in [4.78, 5) is 3.55. The van der Waals surface area contributed by atoms with Crippen LogP contribution in [0.3, 0.4) is 0 Å². The average molecular weight is 386 g/mol. The molecule has 3 aromatic carbocycles.